The highest BCUT2D eigenvalue weighted by Gasteiger charge is 2.41. The molecule has 3 atom stereocenters. The van der Waals surface area contributed by atoms with Crippen LogP contribution in [0.4, 0.5) is 5.69 Å². The number of fused-ring (bicyclic) bond motifs is 2. The van der Waals surface area contributed by atoms with Crippen LogP contribution in [0.1, 0.15) is 53.0 Å². The van der Waals surface area contributed by atoms with E-state index in [1.807, 2.05) is 26.1 Å². The van der Waals surface area contributed by atoms with Crippen LogP contribution in [0, 0.1) is 0 Å². The van der Waals surface area contributed by atoms with Crippen LogP contribution in [0.2, 0.25) is 0 Å². The highest BCUT2D eigenvalue weighted by Crippen LogP contribution is 2.57. The Bertz CT molecular complexity index is 1500. The third-order valence-corrected chi connectivity index (χ3v) is 8.49. The lowest BCUT2D eigenvalue weighted by Gasteiger charge is -2.39. The summed E-state index contributed by atoms with van der Waals surface area (Å²) in [7, 11) is 4.83. The van der Waals surface area contributed by atoms with Crippen LogP contribution < -0.4 is 39.6 Å². The zero-order chi connectivity index (χ0) is 30.2. The molecule has 0 bridgehead atoms. The van der Waals surface area contributed by atoms with Crippen molar-refractivity contribution in [3.05, 3.63) is 52.1 Å². The van der Waals surface area contributed by atoms with Crippen molar-refractivity contribution in [2.75, 3.05) is 59.6 Å². The molecule has 1 aliphatic carbocycles. The molecule has 6 N–H and O–H groups in total. The number of aliphatic hydroxyl groups is 2. The number of aromatic hydroxyl groups is 1. The van der Waals surface area contributed by atoms with Gasteiger partial charge in [0.1, 0.15) is 30.6 Å². The van der Waals surface area contributed by atoms with Crippen LogP contribution in [0.25, 0.3) is 11.1 Å². The molecule has 2 aliphatic heterocycles. The molecular weight excluding hydrogens is 554 g/mol. The summed E-state index contributed by atoms with van der Waals surface area (Å²) >= 11 is 0. The van der Waals surface area contributed by atoms with E-state index in [1.165, 1.54) is 14.2 Å². The second-order valence-corrected chi connectivity index (χ2v) is 10.9. The molecule has 2 heterocycles. The average molecular weight is 594 g/mol. The van der Waals surface area contributed by atoms with Crippen molar-refractivity contribution in [2.24, 2.45) is 0 Å². The minimum atomic E-state index is -1.01. The Labute approximate surface area is 250 Å². The van der Waals surface area contributed by atoms with Crippen LogP contribution in [0.15, 0.2) is 24.3 Å². The molecule has 0 spiro atoms. The van der Waals surface area contributed by atoms with E-state index in [1.54, 1.807) is 12.1 Å². The van der Waals surface area contributed by atoms with Gasteiger partial charge in [-0.1, -0.05) is 6.92 Å². The number of ether oxygens (including phenoxy) is 5. The van der Waals surface area contributed by atoms with Gasteiger partial charge in [-0.3, -0.25) is 5.32 Å². The third-order valence-electron chi connectivity index (χ3n) is 8.49. The molecule has 11 heteroatoms. The Morgan fingerprint density at radius 3 is 2.37 bits per heavy atom. The fraction of sp³-hybridized carbons (Fsp3) is 0.438. The molecule has 43 heavy (non-hydrogen) atoms. The largest absolute Gasteiger partial charge is 0.502 e. The first-order valence-electron chi connectivity index (χ1n) is 14.6. The maximum atomic E-state index is 11.9. The number of hydrogen-bond acceptors (Lipinski definition) is 11. The molecule has 0 aromatic heterocycles. The van der Waals surface area contributed by atoms with Crippen molar-refractivity contribution in [3.8, 4) is 45.6 Å². The van der Waals surface area contributed by atoms with Gasteiger partial charge in [0.05, 0.1) is 32.5 Å². The summed E-state index contributed by atoms with van der Waals surface area (Å²) in [6.07, 6.45) is -0.616. The van der Waals surface area contributed by atoms with Gasteiger partial charge < -0.3 is 49.6 Å². The van der Waals surface area contributed by atoms with Gasteiger partial charge in [0, 0.05) is 52.5 Å². The van der Waals surface area contributed by atoms with Crippen molar-refractivity contribution in [1.29, 1.82) is 0 Å². The molecule has 0 saturated carbocycles. The van der Waals surface area contributed by atoms with Crippen molar-refractivity contribution >= 4 is 5.69 Å². The zero-order valence-electron chi connectivity index (χ0n) is 24.9. The normalized spacial score (nSPS) is 19.4. The van der Waals surface area contributed by atoms with E-state index in [9.17, 15) is 15.3 Å². The molecule has 0 amide bonds. The number of phenolic OH excluding ortho intramolecular Hbond substituents is 1. The monoisotopic (exact) mass is 593 g/mol. The summed E-state index contributed by atoms with van der Waals surface area (Å²) in [5.41, 5.74) is 6.58. The van der Waals surface area contributed by atoms with Crippen molar-refractivity contribution < 1.29 is 39.0 Å². The van der Waals surface area contributed by atoms with Crippen molar-refractivity contribution in [2.45, 2.75) is 38.0 Å². The van der Waals surface area contributed by atoms with Crippen molar-refractivity contribution in [3.63, 3.8) is 0 Å². The van der Waals surface area contributed by atoms with Gasteiger partial charge in [0.15, 0.2) is 17.7 Å². The van der Waals surface area contributed by atoms with E-state index in [4.69, 9.17) is 23.7 Å². The summed E-state index contributed by atoms with van der Waals surface area (Å²) < 4.78 is 29.4. The molecule has 3 unspecified atom stereocenters. The lowest BCUT2D eigenvalue weighted by molar-refractivity contribution is 0.0878. The Morgan fingerprint density at radius 1 is 0.930 bits per heavy atom. The maximum absolute atomic E-state index is 11.9. The SMILES string of the molecule is CCNCOc1cc(OCCNC)c2c3c1C(O)Nc1cc4c(c(c1-3)CC2)C(O)C(c1cc(OC)c(O)c(OC)c1)CO4. The summed E-state index contributed by atoms with van der Waals surface area (Å²) in [6.45, 7) is 4.39. The van der Waals surface area contributed by atoms with Gasteiger partial charge in [-0.25, -0.2) is 0 Å². The molecule has 6 rings (SSSR count). The van der Waals surface area contributed by atoms with Gasteiger partial charge in [-0.15, -0.1) is 0 Å². The van der Waals surface area contributed by atoms with Gasteiger partial charge in [-0.05, 0) is 49.7 Å². The molecule has 0 radical (unpaired) electrons. The molecule has 3 aromatic carbocycles. The number of rotatable bonds is 11. The second-order valence-electron chi connectivity index (χ2n) is 10.9. The highest BCUT2D eigenvalue weighted by atomic mass is 16.5. The number of hydrogen-bond donors (Lipinski definition) is 6. The number of benzene rings is 3. The van der Waals surface area contributed by atoms with Crippen LogP contribution >= 0.6 is 0 Å². The van der Waals surface area contributed by atoms with Crippen LogP contribution in [0.5, 0.6) is 34.5 Å². The highest BCUT2D eigenvalue weighted by molar-refractivity contribution is 5.93. The van der Waals surface area contributed by atoms with Crippen LogP contribution in [-0.2, 0) is 12.8 Å². The topological polar surface area (TPSA) is 143 Å². The molecule has 3 aromatic rings. The van der Waals surface area contributed by atoms with Gasteiger partial charge >= 0.3 is 0 Å². The first-order chi connectivity index (χ1) is 20.9. The number of methoxy groups -OCH3 is 2. The van der Waals surface area contributed by atoms with Crippen LogP contribution in [0.3, 0.4) is 0 Å². The fourth-order valence-electron chi connectivity index (χ4n) is 6.42. The smallest absolute Gasteiger partial charge is 0.200 e. The summed E-state index contributed by atoms with van der Waals surface area (Å²) in [5, 5.41) is 43.3. The summed E-state index contributed by atoms with van der Waals surface area (Å²) in [5.74, 6) is 1.81. The van der Waals surface area contributed by atoms with E-state index >= 15 is 0 Å². The fourth-order valence-corrected chi connectivity index (χ4v) is 6.42. The van der Waals surface area contributed by atoms with Crippen molar-refractivity contribution in [1.82, 2.24) is 10.6 Å². The van der Waals surface area contributed by atoms with E-state index < -0.39 is 18.2 Å². The lowest BCUT2D eigenvalue weighted by Crippen LogP contribution is -2.29. The Kier molecular flexibility index (Phi) is 8.15. The predicted octanol–water partition coefficient (Wildman–Crippen LogP) is 3.35. The Morgan fingerprint density at radius 2 is 1.67 bits per heavy atom. The summed E-state index contributed by atoms with van der Waals surface area (Å²) in [6, 6.07) is 7.15. The van der Waals surface area contributed by atoms with Gasteiger partial charge in [0.2, 0.25) is 5.75 Å². The quantitative estimate of drug-likeness (QED) is 0.144. The number of nitrogens with one attached hydrogen (secondary N) is 3. The first kappa shape index (κ1) is 29.2. The van der Waals surface area contributed by atoms with Crippen LogP contribution in [-0.4, -0.2) is 69.6 Å². The zero-order valence-corrected chi connectivity index (χ0v) is 24.9. The number of anilines is 1. The minimum Gasteiger partial charge on any atom is -0.502 e. The van der Waals surface area contributed by atoms with Gasteiger partial charge in [0.25, 0.3) is 0 Å². The van der Waals surface area contributed by atoms with Gasteiger partial charge in [-0.2, -0.15) is 0 Å². The molecule has 0 fully saturated rings. The first-order valence-corrected chi connectivity index (χ1v) is 14.6. The Hall–Kier alpha value is -3.90. The molecule has 3 aliphatic rings. The molecular formula is C32H39N3O8. The molecule has 0 saturated heterocycles. The number of aliphatic hydroxyl groups excluding tert-OH is 2. The molecule has 230 valence electrons. The number of likely N-dealkylation sites (N-methyl/N-ethyl adjacent to an activating group) is 1. The standard InChI is InChI=1S/C32H39N3O8/c1-5-34-15-43-23-13-21(41-9-8-33-2)17-6-7-18-26-20(35-32(38)29(23)28(17)26)12-22-27(18)30(36)19(14-42-22)16-10-24(39-3)31(37)25(11-16)40-4/h10-13,19,30,32-38H,5-9,14-15H2,1-4H3. The number of phenols is 1. The summed E-state index contributed by atoms with van der Waals surface area (Å²) in [4.78, 5) is 0. The lowest BCUT2D eigenvalue weighted by atomic mass is 9.74. The minimum absolute atomic E-state index is 0.0989. The molecule has 11 nitrogen and oxygen atoms in total. The van der Waals surface area contributed by atoms with E-state index in [0.717, 1.165) is 45.8 Å². The maximum Gasteiger partial charge on any atom is 0.200 e. The van der Waals surface area contributed by atoms with E-state index in [2.05, 4.69) is 16.0 Å². The predicted molar refractivity (Wildman–Crippen MR) is 161 cm³/mol. The average Bonchev–Trinajstić information content (AvgIpc) is 3.01. The third kappa shape index (κ3) is 4.96. The second kappa shape index (κ2) is 12.0. The van der Waals surface area contributed by atoms with E-state index in [-0.39, 0.29) is 30.6 Å². The Balaban J connectivity index is 1.49. The van der Waals surface area contributed by atoms with E-state index in [0.29, 0.717) is 48.6 Å².